The fourth-order valence-electron chi connectivity index (χ4n) is 4.32. The van der Waals surface area contributed by atoms with Crippen molar-refractivity contribution >= 4 is 5.91 Å². The lowest BCUT2D eigenvalue weighted by molar-refractivity contribution is -0.133. The maximum Gasteiger partial charge on any atom is 0.226 e. The number of rotatable bonds is 7. The molecule has 25 heavy (non-hydrogen) atoms. The maximum atomic E-state index is 12.8. The number of nitrogens with zero attached hydrogens (tertiary/aromatic N) is 4. The number of aryl methyl sites for hydroxylation is 1. The molecule has 6 heteroatoms. The standard InChI is InChI=1S/C19H32N4O2/c1-4-22-12-6-8-15(22)16-9-7-13-23(16)18(24)11-5-10-17-20-19(14(2)3)21-25-17/h14-16H,4-13H2,1-3H3/t15-,16-/m1/s1. The zero-order chi connectivity index (χ0) is 17.8. The summed E-state index contributed by atoms with van der Waals surface area (Å²) in [6, 6.07) is 0.992. The molecule has 1 amide bonds. The minimum absolute atomic E-state index is 0.275. The molecular weight excluding hydrogens is 316 g/mol. The van der Waals surface area contributed by atoms with Crippen LogP contribution in [0.3, 0.4) is 0 Å². The third kappa shape index (κ3) is 4.22. The molecule has 6 nitrogen and oxygen atoms in total. The molecular formula is C19H32N4O2. The average molecular weight is 348 g/mol. The molecule has 2 atom stereocenters. The minimum atomic E-state index is 0.275. The second kappa shape index (κ2) is 8.30. The Morgan fingerprint density at radius 1 is 1.24 bits per heavy atom. The second-order valence-electron chi connectivity index (χ2n) is 7.69. The van der Waals surface area contributed by atoms with Crippen LogP contribution in [0, 0.1) is 0 Å². The van der Waals surface area contributed by atoms with E-state index in [1.807, 2.05) is 13.8 Å². The van der Waals surface area contributed by atoms with E-state index in [1.54, 1.807) is 0 Å². The van der Waals surface area contributed by atoms with Crippen molar-refractivity contribution in [2.24, 2.45) is 0 Å². The van der Waals surface area contributed by atoms with Crippen molar-refractivity contribution in [3.8, 4) is 0 Å². The van der Waals surface area contributed by atoms with Crippen molar-refractivity contribution in [2.45, 2.75) is 83.7 Å². The summed E-state index contributed by atoms with van der Waals surface area (Å²) in [6.07, 6.45) is 6.86. The summed E-state index contributed by atoms with van der Waals surface area (Å²) in [5.74, 6) is 1.98. The lowest BCUT2D eigenvalue weighted by Gasteiger charge is -2.34. The van der Waals surface area contributed by atoms with Gasteiger partial charge in [0.25, 0.3) is 0 Å². The normalized spacial score (nSPS) is 24.6. The third-order valence-corrected chi connectivity index (χ3v) is 5.67. The van der Waals surface area contributed by atoms with Gasteiger partial charge in [0.05, 0.1) is 0 Å². The van der Waals surface area contributed by atoms with Crippen molar-refractivity contribution in [3.05, 3.63) is 11.7 Å². The van der Waals surface area contributed by atoms with Crippen LogP contribution in [0.1, 0.15) is 76.9 Å². The Morgan fingerprint density at radius 2 is 2.00 bits per heavy atom. The topological polar surface area (TPSA) is 62.5 Å². The van der Waals surface area contributed by atoms with Crippen LogP contribution in [0.15, 0.2) is 4.52 Å². The van der Waals surface area contributed by atoms with E-state index < -0.39 is 0 Å². The number of amides is 1. The molecule has 0 bridgehead atoms. The van der Waals surface area contributed by atoms with Crippen molar-refractivity contribution in [1.29, 1.82) is 0 Å². The van der Waals surface area contributed by atoms with E-state index in [4.69, 9.17) is 4.52 Å². The number of hydrogen-bond donors (Lipinski definition) is 0. The van der Waals surface area contributed by atoms with E-state index in [0.717, 1.165) is 38.2 Å². The summed E-state index contributed by atoms with van der Waals surface area (Å²) in [6.45, 7) is 9.54. The highest BCUT2D eigenvalue weighted by Gasteiger charge is 2.38. The highest BCUT2D eigenvalue weighted by molar-refractivity contribution is 5.76. The predicted octanol–water partition coefficient (Wildman–Crippen LogP) is 2.99. The van der Waals surface area contributed by atoms with Gasteiger partial charge in [-0.1, -0.05) is 25.9 Å². The molecule has 0 radical (unpaired) electrons. The first kappa shape index (κ1) is 18.4. The third-order valence-electron chi connectivity index (χ3n) is 5.67. The number of likely N-dealkylation sites (tertiary alicyclic amines) is 2. The Morgan fingerprint density at radius 3 is 2.72 bits per heavy atom. The average Bonchev–Trinajstić information content (AvgIpc) is 3.33. The number of hydrogen-bond acceptors (Lipinski definition) is 5. The Labute approximate surface area is 150 Å². The van der Waals surface area contributed by atoms with Crippen LogP contribution in [0.4, 0.5) is 0 Å². The molecule has 0 aliphatic carbocycles. The molecule has 2 aliphatic heterocycles. The molecule has 1 aromatic heterocycles. The SMILES string of the molecule is CCN1CCC[C@@H]1[C@H]1CCCN1C(=O)CCCc1nc(C(C)C)no1. The van der Waals surface area contributed by atoms with Crippen molar-refractivity contribution in [1.82, 2.24) is 19.9 Å². The number of likely N-dealkylation sites (N-methyl/N-ethyl adjacent to an activating group) is 1. The van der Waals surface area contributed by atoms with Gasteiger partial charge in [-0.05, 0) is 45.2 Å². The first-order chi connectivity index (χ1) is 12.1. The van der Waals surface area contributed by atoms with Crippen molar-refractivity contribution in [2.75, 3.05) is 19.6 Å². The Kier molecular flexibility index (Phi) is 6.10. The Balaban J connectivity index is 1.50. The molecule has 3 heterocycles. The first-order valence-electron chi connectivity index (χ1n) is 9.96. The summed E-state index contributed by atoms with van der Waals surface area (Å²) in [4.78, 5) is 21.9. The molecule has 0 spiro atoms. The number of carbonyl (C=O) groups is 1. The highest BCUT2D eigenvalue weighted by Crippen LogP contribution is 2.30. The van der Waals surface area contributed by atoms with Crippen LogP contribution in [0.2, 0.25) is 0 Å². The minimum Gasteiger partial charge on any atom is -0.339 e. The van der Waals surface area contributed by atoms with Gasteiger partial charge in [0.2, 0.25) is 11.8 Å². The van der Waals surface area contributed by atoms with E-state index in [9.17, 15) is 4.79 Å². The summed E-state index contributed by atoms with van der Waals surface area (Å²) < 4.78 is 5.27. The molecule has 140 valence electrons. The van der Waals surface area contributed by atoms with Gasteiger partial charge in [0, 0.05) is 37.4 Å². The van der Waals surface area contributed by atoms with Crippen LogP contribution >= 0.6 is 0 Å². The molecule has 0 unspecified atom stereocenters. The number of aromatic nitrogens is 2. The largest absolute Gasteiger partial charge is 0.339 e. The van der Waals surface area contributed by atoms with Gasteiger partial charge in [-0.3, -0.25) is 9.69 Å². The van der Waals surface area contributed by atoms with Crippen LogP contribution in [0.25, 0.3) is 0 Å². The second-order valence-corrected chi connectivity index (χ2v) is 7.69. The lowest BCUT2D eigenvalue weighted by atomic mass is 10.0. The van der Waals surface area contributed by atoms with Gasteiger partial charge in [-0.2, -0.15) is 4.98 Å². The van der Waals surface area contributed by atoms with Crippen LogP contribution < -0.4 is 0 Å². The van der Waals surface area contributed by atoms with Crippen LogP contribution in [0.5, 0.6) is 0 Å². The molecule has 2 fully saturated rings. The highest BCUT2D eigenvalue weighted by atomic mass is 16.5. The first-order valence-corrected chi connectivity index (χ1v) is 9.96. The monoisotopic (exact) mass is 348 g/mol. The van der Waals surface area contributed by atoms with E-state index >= 15 is 0 Å². The van der Waals surface area contributed by atoms with Gasteiger partial charge >= 0.3 is 0 Å². The molecule has 2 saturated heterocycles. The van der Waals surface area contributed by atoms with Gasteiger partial charge in [-0.25, -0.2) is 0 Å². The molecule has 0 saturated carbocycles. The smallest absolute Gasteiger partial charge is 0.226 e. The van der Waals surface area contributed by atoms with Crippen molar-refractivity contribution in [3.63, 3.8) is 0 Å². The van der Waals surface area contributed by atoms with Gasteiger partial charge < -0.3 is 9.42 Å². The molecule has 2 aliphatic rings. The number of carbonyl (C=O) groups excluding carboxylic acids is 1. The van der Waals surface area contributed by atoms with E-state index in [-0.39, 0.29) is 5.92 Å². The summed E-state index contributed by atoms with van der Waals surface area (Å²) >= 11 is 0. The lowest BCUT2D eigenvalue weighted by Crippen LogP contribution is -2.48. The van der Waals surface area contributed by atoms with Crippen LogP contribution in [-0.4, -0.2) is 57.6 Å². The van der Waals surface area contributed by atoms with E-state index in [0.29, 0.717) is 36.7 Å². The van der Waals surface area contributed by atoms with Crippen molar-refractivity contribution < 1.29 is 9.32 Å². The molecule has 3 rings (SSSR count). The summed E-state index contributed by atoms with van der Waals surface area (Å²) in [7, 11) is 0. The van der Waals surface area contributed by atoms with E-state index in [2.05, 4.69) is 26.9 Å². The molecule has 1 aromatic rings. The zero-order valence-corrected chi connectivity index (χ0v) is 15.9. The molecule has 0 N–H and O–H groups in total. The van der Waals surface area contributed by atoms with Crippen LogP contribution in [-0.2, 0) is 11.2 Å². The van der Waals surface area contributed by atoms with Gasteiger partial charge in [-0.15, -0.1) is 0 Å². The summed E-state index contributed by atoms with van der Waals surface area (Å²) in [5.41, 5.74) is 0. The Bertz CT molecular complexity index is 572. The quantitative estimate of drug-likeness (QED) is 0.758. The zero-order valence-electron chi connectivity index (χ0n) is 15.9. The van der Waals surface area contributed by atoms with Gasteiger partial charge in [0.15, 0.2) is 5.82 Å². The van der Waals surface area contributed by atoms with E-state index in [1.165, 1.54) is 19.4 Å². The maximum absolute atomic E-state index is 12.8. The fourth-order valence-corrected chi connectivity index (χ4v) is 4.32. The predicted molar refractivity (Wildman–Crippen MR) is 96.3 cm³/mol. The Hall–Kier alpha value is -1.43. The summed E-state index contributed by atoms with van der Waals surface area (Å²) in [5, 5.41) is 3.99. The van der Waals surface area contributed by atoms with Gasteiger partial charge in [0.1, 0.15) is 0 Å². The molecule has 0 aromatic carbocycles. The fraction of sp³-hybridized carbons (Fsp3) is 0.842.